The van der Waals surface area contributed by atoms with Crippen molar-refractivity contribution >= 4 is 17.5 Å². The fraction of sp³-hybridized carbons (Fsp3) is 0.278. The van der Waals surface area contributed by atoms with E-state index in [1.165, 1.54) is 24.3 Å². The summed E-state index contributed by atoms with van der Waals surface area (Å²) in [6.45, 7) is 1.28. The Balaban J connectivity index is 1.97. The minimum atomic E-state index is -4.50. The van der Waals surface area contributed by atoms with Gasteiger partial charge < -0.3 is 5.32 Å². The topological polar surface area (TPSA) is 41.1 Å². The average Bonchev–Trinajstić information content (AvgIpc) is 2.54. The Hall–Kier alpha value is -2.05. The molecule has 0 radical (unpaired) electrons. The van der Waals surface area contributed by atoms with Crippen LogP contribution in [0.5, 0.6) is 0 Å². The summed E-state index contributed by atoms with van der Waals surface area (Å²) in [4.78, 5) is 12.0. The summed E-state index contributed by atoms with van der Waals surface area (Å²) in [5.74, 6) is -0.530. The molecule has 2 aromatic rings. The van der Waals surface area contributed by atoms with Crippen molar-refractivity contribution in [1.82, 2.24) is 10.6 Å². The Morgan fingerprint density at radius 2 is 1.72 bits per heavy atom. The zero-order chi connectivity index (χ0) is 18.4. The minimum Gasteiger partial charge on any atom is -0.348 e. The van der Waals surface area contributed by atoms with Gasteiger partial charge in [0.15, 0.2) is 0 Å². The third-order valence-corrected chi connectivity index (χ3v) is 3.89. The van der Waals surface area contributed by atoms with E-state index in [1.54, 1.807) is 37.3 Å². The minimum absolute atomic E-state index is 0.0608. The molecule has 7 heteroatoms. The highest BCUT2D eigenvalue weighted by Gasteiger charge is 2.40. The highest BCUT2D eigenvalue weighted by Crippen LogP contribution is 2.32. The average molecular weight is 371 g/mol. The van der Waals surface area contributed by atoms with E-state index in [9.17, 15) is 18.0 Å². The van der Waals surface area contributed by atoms with Crippen LogP contribution < -0.4 is 10.6 Å². The number of rotatable bonds is 6. The first-order valence-corrected chi connectivity index (χ1v) is 8.05. The molecule has 0 spiro atoms. The van der Waals surface area contributed by atoms with Gasteiger partial charge in [-0.3, -0.25) is 10.1 Å². The van der Waals surface area contributed by atoms with Crippen LogP contribution in [0.15, 0.2) is 54.6 Å². The second kappa shape index (κ2) is 8.36. The van der Waals surface area contributed by atoms with E-state index in [-0.39, 0.29) is 11.6 Å². The molecule has 0 aliphatic carbocycles. The fourth-order valence-corrected chi connectivity index (χ4v) is 2.61. The zero-order valence-electron chi connectivity index (χ0n) is 13.5. The van der Waals surface area contributed by atoms with Crippen LogP contribution in [0.4, 0.5) is 13.2 Å². The normalized spacial score (nSPS) is 14.0. The summed E-state index contributed by atoms with van der Waals surface area (Å²) in [5.41, 5.74) is 0.835. The third-order valence-electron chi connectivity index (χ3n) is 3.65. The maximum absolute atomic E-state index is 13.2. The molecule has 25 heavy (non-hydrogen) atoms. The van der Waals surface area contributed by atoms with Gasteiger partial charge in [0, 0.05) is 5.02 Å². The largest absolute Gasteiger partial charge is 0.407 e. The van der Waals surface area contributed by atoms with E-state index in [2.05, 4.69) is 10.6 Å². The summed E-state index contributed by atoms with van der Waals surface area (Å²) in [5, 5.41) is 5.46. The predicted octanol–water partition coefficient (Wildman–Crippen LogP) is 4.41. The van der Waals surface area contributed by atoms with Crippen LogP contribution in [-0.4, -0.2) is 18.6 Å². The molecule has 2 aromatic carbocycles. The second-order valence-corrected chi connectivity index (χ2v) is 6.05. The number of carbonyl (C=O) groups excluding carboxylic acids is 1. The highest BCUT2D eigenvalue weighted by atomic mass is 35.5. The van der Waals surface area contributed by atoms with E-state index >= 15 is 0 Å². The molecule has 2 unspecified atom stereocenters. The van der Waals surface area contributed by atoms with Gasteiger partial charge in [0.1, 0.15) is 6.04 Å². The predicted molar refractivity (Wildman–Crippen MR) is 91.3 cm³/mol. The van der Waals surface area contributed by atoms with E-state index in [0.717, 1.165) is 5.56 Å². The van der Waals surface area contributed by atoms with Crippen LogP contribution in [-0.2, 0) is 4.79 Å². The Morgan fingerprint density at radius 1 is 1.08 bits per heavy atom. The quantitative estimate of drug-likeness (QED) is 0.790. The lowest BCUT2D eigenvalue weighted by Gasteiger charge is -2.22. The van der Waals surface area contributed by atoms with Crippen molar-refractivity contribution < 1.29 is 18.0 Å². The first kappa shape index (κ1) is 19.3. The lowest BCUT2D eigenvalue weighted by Crippen LogP contribution is -2.41. The van der Waals surface area contributed by atoms with Crippen LogP contribution in [0.25, 0.3) is 0 Å². The Bertz CT molecular complexity index is 707. The van der Waals surface area contributed by atoms with Crippen LogP contribution in [0, 0.1) is 0 Å². The molecule has 0 aromatic heterocycles. The maximum Gasteiger partial charge on any atom is 0.407 e. The van der Waals surface area contributed by atoms with E-state index < -0.39 is 24.7 Å². The van der Waals surface area contributed by atoms with Crippen LogP contribution in [0.3, 0.4) is 0 Å². The van der Waals surface area contributed by atoms with Crippen molar-refractivity contribution in [1.29, 1.82) is 0 Å². The number of halogens is 4. The molecule has 0 heterocycles. The number of hydrogen-bond donors (Lipinski definition) is 2. The fourth-order valence-electron chi connectivity index (χ4n) is 2.41. The Kier molecular flexibility index (Phi) is 6.45. The van der Waals surface area contributed by atoms with Crippen molar-refractivity contribution in [3.8, 4) is 0 Å². The smallest absolute Gasteiger partial charge is 0.348 e. The number of benzene rings is 2. The molecule has 0 saturated heterocycles. The molecule has 2 rings (SSSR count). The van der Waals surface area contributed by atoms with Crippen molar-refractivity contribution in [3.05, 3.63) is 70.7 Å². The Morgan fingerprint density at radius 3 is 2.32 bits per heavy atom. The Labute approximate surface area is 149 Å². The van der Waals surface area contributed by atoms with Gasteiger partial charge in [-0.15, -0.1) is 0 Å². The van der Waals surface area contributed by atoms with E-state index in [1.807, 2.05) is 0 Å². The summed E-state index contributed by atoms with van der Waals surface area (Å²) in [6, 6.07) is 12.1. The van der Waals surface area contributed by atoms with Gasteiger partial charge in [-0.2, -0.15) is 13.2 Å². The first-order chi connectivity index (χ1) is 11.8. The molecule has 134 valence electrons. The second-order valence-electron chi connectivity index (χ2n) is 5.61. The maximum atomic E-state index is 13.2. The van der Waals surface area contributed by atoms with Crippen molar-refractivity contribution in [2.75, 3.05) is 6.54 Å². The number of amides is 1. The molecule has 0 aliphatic rings. The molecule has 1 amide bonds. The van der Waals surface area contributed by atoms with Gasteiger partial charge in [-0.25, -0.2) is 0 Å². The zero-order valence-corrected chi connectivity index (χ0v) is 14.2. The molecule has 2 atom stereocenters. The molecule has 2 N–H and O–H groups in total. The first-order valence-electron chi connectivity index (χ1n) is 7.67. The lowest BCUT2D eigenvalue weighted by molar-refractivity contribution is -0.158. The standard InChI is InChI=1S/C18H18ClF3N2O/c1-12(14-8-5-9-15(19)10-14)24-16(25)11-23-17(18(20,21)22)13-6-3-2-4-7-13/h2-10,12,17,23H,11H2,1H3,(H,24,25). The molecule has 0 fully saturated rings. The number of nitrogens with one attached hydrogen (secondary N) is 2. The van der Waals surface area contributed by atoms with E-state index in [0.29, 0.717) is 5.02 Å². The van der Waals surface area contributed by atoms with Crippen LogP contribution in [0.2, 0.25) is 5.02 Å². The van der Waals surface area contributed by atoms with Gasteiger partial charge in [-0.05, 0) is 30.2 Å². The van der Waals surface area contributed by atoms with Crippen molar-refractivity contribution in [3.63, 3.8) is 0 Å². The van der Waals surface area contributed by atoms with Gasteiger partial charge in [0.05, 0.1) is 12.6 Å². The van der Waals surface area contributed by atoms with Gasteiger partial charge >= 0.3 is 6.18 Å². The third kappa shape index (κ3) is 5.76. The molecular formula is C18H18ClF3N2O. The summed E-state index contributed by atoms with van der Waals surface area (Å²) in [6.07, 6.45) is -4.50. The number of hydrogen-bond acceptors (Lipinski definition) is 2. The number of alkyl halides is 3. The van der Waals surface area contributed by atoms with E-state index in [4.69, 9.17) is 11.6 Å². The lowest BCUT2D eigenvalue weighted by atomic mass is 10.1. The van der Waals surface area contributed by atoms with Gasteiger partial charge in [-0.1, -0.05) is 54.1 Å². The summed E-state index contributed by atoms with van der Waals surface area (Å²) >= 11 is 5.90. The molecular weight excluding hydrogens is 353 g/mol. The summed E-state index contributed by atoms with van der Waals surface area (Å²) < 4.78 is 39.7. The summed E-state index contributed by atoms with van der Waals surface area (Å²) in [7, 11) is 0. The molecule has 3 nitrogen and oxygen atoms in total. The molecule has 0 aliphatic heterocycles. The monoisotopic (exact) mass is 370 g/mol. The highest BCUT2D eigenvalue weighted by molar-refractivity contribution is 6.30. The van der Waals surface area contributed by atoms with Crippen molar-refractivity contribution in [2.45, 2.75) is 25.2 Å². The van der Waals surface area contributed by atoms with Gasteiger partial charge in [0.25, 0.3) is 0 Å². The van der Waals surface area contributed by atoms with Gasteiger partial charge in [0.2, 0.25) is 5.91 Å². The van der Waals surface area contributed by atoms with Crippen LogP contribution >= 0.6 is 11.6 Å². The number of carbonyl (C=O) groups is 1. The SMILES string of the molecule is CC(NC(=O)CNC(c1ccccc1)C(F)(F)F)c1cccc(Cl)c1. The van der Waals surface area contributed by atoms with Crippen molar-refractivity contribution in [2.24, 2.45) is 0 Å². The molecule has 0 saturated carbocycles. The van der Waals surface area contributed by atoms with Crippen LogP contribution in [0.1, 0.15) is 30.1 Å². The molecule has 0 bridgehead atoms.